The molecule has 0 spiro atoms. The van der Waals surface area contributed by atoms with Crippen LogP contribution < -0.4 is 34.7 Å². The molecule has 6 heteroatoms. The van der Waals surface area contributed by atoms with E-state index in [1.54, 1.807) is 0 Å². The van der Waals surface area contributed by atoms with Gasteiger partial charge in [0.2, 0.25) is 0 Å². The van der Waals surface area contributed by atoms with E-state index in [-0.39, 0.29) is 42.1 Å². The first-order valence-corrected chi connectivity index (χ1v) is 3.97. The van der Waals surface area contributed by atoms with Crippen molar-refractivity contribution < 1.29 is 53.7 Å². The minimum absolute atomic E-state index is 0. The van der Waals surface area contributed by atoms with E-state index in [4.69, 9.17) is 24.2 Å². The average Bonchev–Trinajstić information content (AvgIpc) is 2.06. The van der Waals surface area contributed by atoms with Crippen LogP contribution in [0.1, 0.15) is 20.8 Å². The first-order valence-electron chi connectivity index (χ1n) is 3.97. The SMILES string of the molecule is CCOC(C)OCC.O=CC(=O)[O-].[Na+]. The molecule has 0 N–H and O–H groups in total. The van der Waals surface area contributed by atoms with Gasteiger partial charge in [-0.3, -0.25) is 4.79 Å². The molecule has 0 bridgehead atoms. The van der Waals surface area contributed by atoms with Crippen molar-refractivity contribution in [1.29, 1.82) is 0 Å². The van der Waals surface area contributed by atoms with Crippen LogP contribution in [0.25, 0.3) is 0 Å². The van der Waals surface area contributed by atoms with Gasteiger partial charge in [0.25, 0.3) is 0 Å². The number of carbonyl (C=O) groups excluding carboxylic acids is 2. The van der Waals surface area contributed by atoms with E-state index in [2.05, 4.69) is 0 Å². The molecule has 5 nitrogen and oxygen atoms in total. The van der Waals surface area contributed by atoms with E-state index in [1.165, 1.54) is 0 Å². The van der Waals surface area contributed by atoms with Crippen LogP contribution in [0.3, 0.4) is 0 Å². The summed E-state index contributed by atoms with van der Waals surface area (Å²) in [5.41, 5.74) is 0. The minimum atomic E-state index is -1.68. The zero-order valence-electron chi connectivity index (χ0n) is 9.11. The van der Waals surface area contributed by atoms with Crippen LogP contribution in [0.2, 0.25) is 0 Å². The van der Waals surface area contributed by atoms with Crippen molar-refractivity contribution in [3.05, 3.63) is 0 Å². The van der Waals surface area contributed by atoms with Crippen molar-refractivity contribution in [3.8, 4) is 0 Å². The summed E-state index contributed by atoms with van der Waals surface area (Å²) in [6.45, 7) is 7.25. The molecule has 0 aromatic heterocycles. The van der Waals surface area contributed by atoms with E-state index < -0.39 is 5.97 Å². The van der Waals surface area contributed by atoms with Crippen molar-refractivity contribution in [3.63, 3.8) is 0 Å². The first kappa shape index (κ1) is 19.6. The van der Waals surface area contributed by atoms with Gasteiger partial charge in [0, 0.05) is 13.2 Å². The molecule has 0 saturated carbocycles. The second-order valence-corrected chi connectivity index (χ2v) is 1.92. The minimum Gasteiger partial charge on any atom is -0.542 e. The van der Waals surface area contributed by atoms with Crippen LogP contribution in [-0.4, -0.2) is 31.8 Å². The van der Waals surface area contributed by atoms with Gasteiger partial charge in [-0.15, -0.1) is 0 Å². The molecule has 0 rings (SSSR count). The number of aldehydes is 1. The molecule has 0 amide bonds. The molecular weight excluding hydrogens is 199 g/mol. The van der Waals surface area contributed by atoms with E-state index in [0.29, 0.717) is 0 Å². The summed E-state index contributed by atoms with van der Waals surface area (Å²) in [4.78, 5) is 17.7. The second-order valence-electron chi connectivity index (χ2n) is 1.92. The first-order chi connectivity index (χ1) is 6.08. The quantitative estimate of drug-likeness (QED) is 0.204. The van der Waals surface area contributed by atoms with Crippen molar-refractivity contribution in [2.75, 3.05) is 13.2 Å². The van der Waals surface area contributed by atoms with Gasteiger partial charge in [-0.1, -0.05) is 0 Å². The Morgan fingerprint density at radius 1 is 1.36 bits per heavy atom. The second kappa shape index (κ2) is 15.5. The van der Waals surface area contributed by atoms with Gasteiger partial charge >= 0.3 is 29.6 Å². The molecule has 0 aromatic rings. The van der Waals surface area contributed by atoms with Gasteiger partial charge < -0.3 is 19.4 Å². The molecule has 0 saturated heterocycles. The topological polar surface area (TPSA) is 75.7 Å². The summed E-state index contributed by atoms with van der Waals surface area (Å²) < 4.78 is 10.1. The smallest absolute Gasteiger partial charge is 0.542 e. The maximum absolute atomic E-state index is 8.89. The number of hydrogen-bond donors (Lipinski definition) is 0. The Bertz CT molecular complexity index is 134. The molecule has 0 aliphatic carbocycles. The van der Waals surface area contributed by atoms with E-state index in [0.717, 1.165) is 13.2 Å². The zero-order chi connectivity index (χ0) is 10.7. The molecular formula is C8H15NaO5. The molecule has 78 valence electrons. The maximum atomic E-state index is 8.89. The van der Waals surface area contributed by atoms with Crippen LogP contribution in [0.5, 0.6) is 0 Å². The molecule has 0 radical (unpaired) electrons. The Kier molecular flexibility index (Phi) is 21.7. The summed E-state index contributed by atoms with van der Waals surface area (Å²) in [6.07, 6.45) is -0.315. The maximum Gasteiger partial charge on any atom is 1.00 e. The predicted molar refractivity (Wildman–Crippen MR) is 43.8 cm³/mol. The number of aliphatic carboxylic acids is 1. The standard InChI is InChI=1S/C6H14O2.C2H2O3.Na/c1-4-7-6(3)8-5-2;3-1-2(4)5;/h6H,4-5H2,1-3H3;1H,(H,4,5);/q;;+1/p-1. The van der Waals surface area contributed by atoms with Gasteiger partial charge in [0.05, 0.1) is 0 Å². The normalized spacial score (nSPS) is 8.29. The van der Waals surface area contributed by atoms with Crippen LogP contribution in [0.4, 0.5) is 0 Å². The van der Waals surface area contributed by atoms with Crippen LogP contribution in [-0.2, 0) is 19.1 Å². The van der Waals surface area contributed by atoms with E-state index in [1.807, 2.05) is 20.8 Å². The number of ether oxygens (including phenoxy) is 2. The monoisotopic (exact) mass is 214 g/mol. The molecule has 0 aliphatic rings. The Morgan fingerprint density at radius 3 is 1.79 bits per heavy atom. The third kappa shape index (κ3) is 22.7. The molecule has 0 atom stereocenters. The Labute approximate surface area is 106 Å². The number of carboxylic acid groups (broad SMARTS) is 1. The Balaban J connectivity index is -0.000000177. The number of rotatable bonds is 5. The number of hydrogen-bond acceptors (Lipinski definition) is 5. The van der Waals surface area contributed by atoms with Crippen LogP contribution >= 0.6 is 0 Å². The third-order valence-corrected chi connectivity index (χ3v) is 0.899. The van der Waals surface area contributed by atoms with Crippen molar-refractivity contribution in [2.45, 2.75) is 27.1 Å². The molecule has 0 aromatic carbocycles. The van der Waals surface area contributed by atoms with Crippen LogP contribution in [0.15, 0.2) is 0 Å². The van der Waals surface area contributed by atoms with Gasteiger partial charge in [-0.05, 0) is 20.8 Å². The summed E-state index contributed by atoms with van der Waals surface area (Å²) in [5, 5.41) is 8.89. The van der Waals surface area contributed by atoms with Crippen LogP contribution in [0, 0.1) is 0 Å². The number of carboxylic acids is 1. The van der Waals surface area contributed by atoms with Crippen molar-refractivity contribution >= 4 is 12.3 Å². The Hall–Kier alpha value is 0.0600. The summed E-state index contributed by atoms with van der Waals surface area (Å²) in [6, 6.07) is 0. The number of carbonyl (C=O) groups is 2. The van der Waals surface area contributed by atoms with E-state index >= 15 is 0 Å². The Morgan fingerprint density at radius 2 is 1.64 bits per heavy atom. The van der Waals surface area contributed by atoms with Gasteiger partial charge in [0.15, 0.2) is 12.6 Å². The van der Waals surface area contributed by atoms with Crippen molar-refractivity contribution in [1.82, 2.24) is 0 Å². The summed E-state index contributed by atoms with van der Waals surface area (Å²) in [5.74, 6) is -1.68. The average molecular weight is 214 g/mol. The van der Waals surface area contributed by atoms with Crippen molar-refractivity contribution in [2.24, 2.45) is 0 Å². The molecule has 0 fully saturated rings. The zero-order valence-corrected chi connectivity index (χ0v) is 11.1. The van der Waals surface area contributed by atoms with E-state index in [9.17, 15) is 0 Å². The molecule has 0 heterocycles. The molecule has 0 unspecified atom stereocenters. The molecule has 14 heavy (non-hydrogen) atoms. The largest absolute Gasteiger partial charge is 1.00 e. The fourth-order valence-corrected chi connectivity index (χ4v) is 0.518. The molecule has 0 aliphatic heterocycles. The fourth-order valence-electron chi connectivity index (χ4n) is 0.518. The summed E-state index contributed by atoms with van der Waals surface area (Å²) in [7, 11) is 0. The third-order valence-electron chi connectivity index (χ3n) is 0.899. The fraction of sp³-hybridized carbons (Fsp3) is 0.750. The van der Waals surface area contributed by atoms with Gasteiger partial charge in [-0.2, -0.15) is 0 Å². The summed E-state index contributed by atoms with van der Waals surface area (Å²) >= 11 is 0. The van der Waals surface area contributed by atoms with Gasteiger partial charge in [0.1, 0.15) is 5.97 Å². The van der Waals surface area contributed by atoms with Gasteiger partial charge in [-0.25, -0.2) is 0 Å². The predicted octanol–water partition coefficient (Wildman–Crippen LogP) is -3.66.